The lowest BCUT2D eigenvalue weighted by Gasteiger charge is -2.27. The fourth-order valence-corrected chi connectivity index (χ4v) is 4.48. The Kier molecular flexibility index (Phi) is 5.64. The van der Waals surface area contributed by atoms with Crippen LogP contribution in [0.3, 0.4) is 0 Å². The summed E-state index contributed by atoms with van der Waals surface area (Å²) in [5, 5.41) is 9.33. The highest BCUT2D eigenvalue weighted by Gasteiger charge is 2.54. The summed E-state index contributed by atoms with van der Waals surface area (Å²) >= 11 is 1.48. The SMILES string of the molecule is O=C(CCc1nc(-c2cccs2)no1)NN1C(=O)NC(c2ccccc2)(c2ccccc2)C1=O. The van der Waals surface area contributed by atoms with Gasteiger partial charge in [0.2, 0.25) is 17.6 Å². The molecule has 0 radical (unpaired) electrons. The maximum atomic E-state index is 13.6. The number of nitrogens with one attached hydrogen (secondary N) is 2. The third-order valence-electron chi connectivity index (χ3n) is 5.45. The van der Waals surface area contributed by atoms with Gasteiger partial charge in [-0.25, -0.2) is 4.79 Å². The number of rotatable bonds is 7. The summed E-state index contributed by atoms with van der Waals surface area (Å²) in [6, 6.07) is 20.9. The number of benzene rings is 2. The number of hydrazine groups is 1. The molecule has 3 heterocycles. The van der Waals surface area contributed by atoms with Crippen molar-refractivity contribution in [3.8, 4) is 10.7 Å². The highest BCUT2D eigenvalue weighted by molar-refractivity contribution is 7.13. The van der Waals surface area contributed by atoms with Crippen molar-refractivity contribution >= 4 is 29.2 Å². The molecule has 1 saturated heterocycles. The van der Waals surface area contributed by atoms with Gasteiger partial charge in [-0.1, -0.05) is 71.9 Å². The van der Waals surface area contributed by atoms with Crippen molar-refractivity contribution in [2.24, 2.45) is 0 Å². The van der Waals surface area contributed by atoms with E-state index in [1.165, 1.54) is 11.3 Å². The van der Waals surface area contributed by atoms with Gasteiger partial charge >= 0.3 is 6.03 Å². The van der Waals surface area contributed by atoms with Crippen LogP contribution in [0.5, 0.6) is 0 Å². The normalized spacial score (nSPS) is 14.8. The largest absolute Gasteiger partial charge is 0.344 e. The van der Waals surface area contributed by atoms with E-state index in [-0.39, 0.29) is 12.8 Å². The quantitative estimate of drug-likeness (QED) is 0.398. The predicted molar refractivity (Wildman–Crippen MR) is 123 cm³/mol. The number of amides is 4. The topological polar surface area (TPSA) is 117 Å². The van der Waals surface area contributed by atoms with Crippen molar-refractivity contribution in [1.29, 1.82) is 0 Å². The summed E-state index contributed by atoms with van der Waals surface area (Å²) in [7, 11) is 0. The molecule has 10 heteroatoms. The van der Waals surface area contributed by atoms with E-state index in [4.69, 9.17) is 4.52 Å². The van der Waals surface area contributed by atoms with E-state index in [1.807, 2.05) is 29.6 Å². The summed E-state index contributed by atoms with van der Waals surface area (Å²) in [5.41, 5.74) is 2.15. The molecule has 2 aromatic heterocycles. The number of aromatic nitrogens is 2. The van der Waals surface area contributed by atoms with E-state index < -0.39 is 23.4 Å². The van der Waals surface area contributed by atoms with Crippen molar-refractivity contribution in [2.45, 2.75) is 18.4 Å². The lowest BCUT2D eigenvalue weighted by Crippen LogP contribution is -2.49. The van der Waals surface area contributed by atoms with Crippen LogP contribution >= 0.6 is 11.3 Å². The van der Waals surface area contributed by atoms with Crippen LogP contribution in [-0.4, -0.2) is 33.0 Å². The second-order valence-electron chi connectivity index (χ2n) is 7.58. The predicted octanol–water partition coefficient (Wildman–Crippen LogP) is 3.26. The number of nitrogens with zero attached hydrogens (tertiary/aromatic N) is 3. The maximum absolute atomic E-state index is 13.6. The first kappa shape index (κ1) is 21.5. The Balaban J connectivity index is 1.32. The Morgan fingerprint density at radius 3 is 2.29 bits per heavy atom. The van der Waals surface area contributed by atoms with Gasteiger partial charge in [0.25, 0.3) is 5.91 Å². The molecule has 5 rings (SSSR count). The molecule has 0 bridgehead atoms. The molecular formula is C24H19N5O4S. The second-order valence-corrected chi connectivity index (χ2v) is 8.52. The molecule has 34 heavy (non-hydrogen) atoms. The van der Waals surface area contributed by atoms with Gasteiger partial charge in [-0.15, -0.1) is 11.3 Å². The molecule has 4 aromatic rings. The summed E-state index contributed by atoms with van der Waals surface area (Å²) in [6.07, 6.45) is 0.114. The van der Waals surface area contributed by atoms with Gasteiger partial charge in [0, 0.05) is 12.8 Å². The van der Waals surface area contributed by atoms with Crippen LogP contribution in [0.1, 0.15) is 23.4 Å². The molecule has 9 nitrogen and oxygen atoms in total. The van der Waals surface area contributed by atoms with Crippen LogP contribution in [0.15, 0.2) is 82.7 Å². The third kappa shape index (κ3) is 3.84. The molecule has 2 N–H and O–H groups in total. The Morgan fingerprint density at radius 1 is 1.00 bits per heavy atom. The van der Waals surface area contributed by atoms with Crippen molar-refractivity contribution in [3.63, 3.8) is 0 Å². The van der Waals surface area contributed by atoms with Gasteiger partial charge in [0.15, 0.2) is 5.54 Å². The Morgan fingerprint density at radius 2 is 1.68 bits per heavy atom. The zero-order valence-electron chi connectivity index (χ0n) is 17.8. The van der Waals surface area contributed by atoms with Crippen LogP contribution < -0.4 is 10.7 Å². The highest BCUT2D eigenvalue weighted by atomic mass is 32.1. The number of carbonyl (C=O) groups is 3. The molecule has 170 valence electrons. The first-order chi connectivity index (χ1) is 16.6. The number of aryl methyl sites for hydroxylation is 1. The van der Waals surface area contributed by atoms with E-state index >= 15 is 0 Å². The van der Waals surface area contributed by atoms with E-state index in [1.54, 1.807) is 48.5 Å². The average Bonchev–Trinajstić information content (AvgIpc) is 3.61. The minimum Gasteiger partial charge on any atom is -0.339 e. The second kappa shape index (κ2) is 8.91. The van der Waals surface area contributed by atoms with Crippen LogP contribution in [0.4, 0.5) is 4.79 Å². The molecule has 1 aliphatic heterocycles. The fraction of sp³-hybridized carbons (Fsp3) is 0.125. The van der Waals surface area contributed by atoms with Gasteiger partial charge in [0.05, 0.1) is 4.88 Å². The Bertz CT molecular complexity index is 1280. The average molecular weight is 474 g/mol. The number of hydrogen-bond acceptors (Lipinski definition) is 7. The van der Waals surface area contributed by atoms with Gasteiger partial charge in [0.1, 0.15) is 0 Å². The number of imide groups is 1. The number of carbonyl (C=O) groups excluding carboxylic acids is 3. The Labute approximate surface area is 198 Å². The maximum Gasteiger partial charge on any atom is 0.344 e. The minimum atomic E-state index is -1.45. The molecule has 2 aromatic carbocycles. The van der Waals surface area contributed by atoms with E-state index in [0.717, 1.165) is 9.89 Å². The van der Waals surface area contributed by atoms with E-state index in [0.29, 0.717) is 22.8 Å². The van der Waals surface area contributed by atoms with Crippen LogP contribution in [-0.2, 0) is 21.5 Å². The molecule has 4 amide bonds. The smallest absolute Gasteiger partial charge is 0.339 e. The fourth-order valence-electron chi connectivity index (χ4n) is 3.83. The monoisotopic (exact) mass is 473 g/mol. The first-order valence-electron chi connectivity index (χ1n) is 10.5. The summed E-state index contributed by atoms with van der Waals surface area (Å²) in [5.74, 6) is -0.383. The Hall–Kier alpha value is -4.31. The highest BCUT2D eigenvalue weighted by Crippen LogP contribution is 2.35. The molecule has 0 saturated carbocycles. The lowest BCUT2D eigenvalue weighted by atomic mass is 9.83. The lowest BCUT2D eigenvalue weighted by molar-refractivity contribution is -0.138. The van der Waals surface area contributed by atoms with Crippen molar-refractivity contribution in [2.75, 3.05) is 0 Å². The minimum absolute atomic E-state index is 0.0488. The number of hydrogen-bond donors (Lipinski definition) is 2. The van der Waals surface area contributed by atoms with Gasteiger partial charge in [-0.2, -0.15) is 9.99 Å². The van der Waals surface area contributed by atoms with Crippen LogP contribution in [0.25, 0.3) is 10.7 Å². The summed E-state index contributed by atoms with van der Waals surface area (Å²) in [6.45, 7) is 0. The molecule has 1 fully saturated rings. The van der Waals surface area contributed by atoms with E-state index in [2.05, 4.69) is 20.9 Å². The summed E-state index contributed by atoms with van der Waals surface area (Å²) < 4.78 is 5.21. The molecular weight excluding hydrogens is 454 g/mol. The molecule has 0 spiro atoms. The van der Waals surface area contributed by atoms with Crippen LogP contribution in [0, 0.1) is 0 Å². The van der Waals surface area contributed by atoms with Crippen LogP contribution in [0.2, 0.25) is 0 Å². The van der Waals surface area contributed by atoms with Crippen molar-refractivity contribution < 1.29 is 18.9 Å². The molecule has 0 unspecified atom stereocenters. The molecule has 0 aliphatic carbocycles. The zero-order valence-corrected chi connectivity index (χ0v) is 18.6. The van der Waals surface area contributed by atoms with Crippen molar-refractivity contribution in [3.05, 3.63) is 95.2 Å². The first-order valence-corrected chi connectivity index (χ1v) is 11.4. The van der Waals surface area contributed by atoms with Gasteiger partial charge < -0.3 is 9.84 Å². The zero-order chi connectivity index (χ0) is 23.5. The standard InChI is InChI=1S/C24H19N5O4S/c30-19(13-14-20-25-21(28-33-20)18-12-7-15-34-18)27-29-22(31)24(26-23(29)32,16-8-3-1-4-9-16)17-10-5-2-6-11-17/h1-12,15H,13-14H2,(H,26,32)(H,27,30). The molecule has 1 aliphatic rings. The van der Waals surface area contributed by atoms with Crippen molar-refractivity contribution in [1.82, 2.24) is 25.9 Å². The van der Waals surface area contributed by atoms with Gasteiger partial charge in [-0.3, -0.25) is 15.0 Å². The molecule has 0 atom stereocenters. The number of thiophene rings is 1. The number of urea groups is 1. The van der Waals surface area contributed by atoms with E-state index in [9.17, 15) is 14.4 Å². The third-order valence-corrected chi connectivity index (χ3v) is 6.31. The van der Waals surface area contributed by atoms with Gasteiger partial charge in [-0.05, 0) is 22.6 Å². The summed E-state index contributed by atoms with van der Waals surface area (Å²) in [4.78, 5) is 44.2.